The van der Waals surface area contributed by atoms with E-state index < -0.39 is 0 Å². The van der Waals surface area contributed by atoms with Gasteiger partial charge >= 0.3 is 0 Å². The van der Waals surface area contributed by atoms with Crippen LogP contribution in [0.3, 0.4) is 0 Å². The molecule has 0 bridgehead atoms. The first-order chi connectivity index (χ1) is 7.20. The monoisotopic (exact) mass is 268 g/mol. The van der Waals surface area contributed by atoms with Gasteiger partial charge in [0.25, 0.3) is 5.91 Å². The zero-order valence-corrected chi connectivity index (χ0v) is 9.65. The third-order valence-corrected chi connectivity index (χ3v) is 2.26. The molecule has 1 amide bonds. The Morgan fingerprint density at radius 1 is 1.67 bits per heavy atom. The molecule has 0 radical (unpaired) electrons. The molecule has 2 rings (SSSR count). The normalized spacial score (nSPS) is 10.5. The van der Waals surface area contributed by atoms with Crippen LogP contribution >= 0.6 is 15.9 Å². The topological polar surface area (TPSA) is 59.3 Å². The van der Waals surface area contributed by atoms with Gasteiger partial charge in [0.15, 0.2) is 11.3 Å². The lowest BCUT2D eigenvalue weighted by Crippen LogP contribution is -2.23. The van der Waals surface area contributed by atoms with E-state index in [9.17, 15) is 4.79 Å². The molecule has 5 nitrogen and oxygen atoms in total. The molecule has 1 N–H and O–H groups in total. The fourth-order valence-electron chi connectivity index (χ4n) is 1.22. The van der Waals surface area contributed by atoms with Gasteiger partial charge in [-0.3, -0.25) is 4.79 Å². The predicted molar refractivity (Wildman–Crippen MR) is 58.7 cm³/mol. The second kappa shape index (κ2) is 3.98. The number of carbonyl (C=O) groups is 1. The second-order valence-electron chi connectivity index (χ2n) is 2.96. The quantitative estimate of drug-likeness (QED) is 0.892. The molecule has 78 valence electrons. The smallest absolute Gasteiger partial charge is 0.271 e. The molecular formula is C9H9BrN4O. The summed E-state index contributed by atoms with van der Waals surface area (Å²) in [6, 6.07) is 1.65. The van der Waals surface area contributed by atoms with E-state index in [1.54, 1.807) is 23.0 Å². The van der Waals surface area contributed by atoms with Gasteiger partial charge in [0.1, 0.15) is 0 Å². The fraction of sp³-hybridized carbons (Fsp3) is 0.222. The maximum Gasteiger partial charge on any atom is 0.271 e. The summed E-state index contributed by atoms with van der Waals surface area (Å²) in [5, 5.41) is 6.79. The minimum atomic E-state index is -0.181. The largest absolute Gasteiger partial charge is 0.351 e. The van der Waals surface area contributed by atoms with Crippen molar-refractivity contribution in [1.82, 2.24) is 19.9 Å². The van der Waals surface area contributed by atoms with Crippen molar-refractivity contribution < 1.29 is 4.79 Å². The molecule has 0 atom stereocenters. The van der Waals surface area contributed by atoms with Crippen LogP contribution in [-0.2, 0) is 0 Å². The van der Waals surface area contributed by atoms with Crippen molar-refractivity contribution in [3.63, 3.8) is 0 Å². The lowest BCUT2D eigenvalue weighted by atomic mass is 10.4. The first kappa shape index (κ1) is 10.1. The Labute approximate surface area is 94.6 Å². The number of hydrogen-bond acceptors (Lipinski definition) is 3. The summed E-state index contributed by atoms with van der Waals surface area (Å²) in [5.41, 5.74) is 1.03. The average Bonchev–Trinajstić information content (AvgIpc) is 2.60. The number of amides is 1. The van der Waals surface area contributed by atoms with Gasteiger partial charge in [0, 0.05) is 25.0 Å². The number of rotatable bonds is 2. The Morgan fingerprint density at radius 3 is 3.20 bits per heavy atom. The van der Waals surface area contributed by atoms with Crippen molar-refractivity contribution in [3.05, 3.63) is 28.6 Å². The van der Waals surface area contributed by atoms with E-state index in [4.69, 9.17) is 0 Å². The van der Waals surface area contributed by atoms with Crippen LogP contribution in [0.1, 0.15) is 17.4 Å². The van der Waals surface area contributed by atoms with Gasteiger partial charge in [-0.15, -0.1) is 0 Å². The van der Waals surface area contributed by atoms with Gasteiger partial charge in [0.05, 0.1) is 4.47 Å². The third kappa shape index (κ3) is 1.99. The summed E-state index contributed by atoms with van der Waals surface area (Å²) in [7, 11) is 0. The zero-order chi connectivity index (χ0) is 10.8. The van der Waals surface area contributed by atoms with Crippen molar-refractivity contribution in [1.29, 1.82) is 0 Å². The summed E-state index contributed by atoms with van der Waals surface area (Å²) >= 11 is 3.29. The summed E-state index contributed by atoms with van der Waals surface area (Å²) in [6.07, 6.45) is 3.42. The lowest BCUT2D eigenvalue weighted by Gasteiger charge is -1.95. The summed E-state index contributed by atoms with van der Waals surface area (Å²) in [6.45, 7) is 2.45. The van der Waals surface area contributed by atoms with E-state index in [0.29, 0.717) is 17.9 Å². The summed E-state index contributed by atoms with van der Waals surface area (Å²) in [5.74, 6) is -0.181. The summed E-state index contributed by atoms with van der Waals surface area (Å²) < 4.78 is 2.38. The minimum Gasteiger partial charge on any atom is -0.351 e. The van der Waals surface area contributed by atoms with Crippen LogP contribution in [0.25, 0.3) is 5.65 Å². The van der Waals surface area contributed by atoms with E-state index in [-0.39, 0.29) is 5.91 Å². The minimum absolute atomic E-state index is 0.181. The van der Waals surface area contributed by atoms with E-state index >= 15 is 0 Å². The molecule has 0 saturated carbocycles. The van der Waals surface area contributed by atoms with Crippen LogP contribution in [0, 0.1) is 0 Å². The van der Waals surface area contributed by atoms with E-state index in [2.05, 4.69) is 31.3 Å². The Kier molecular flexibility index (Phi) is 2.68. The highest BCUT2D eigenvalue weighted by Crippen LogP contribution is 2.09. The fourth-order valence-corrected chi connectivity index (χ4v) is 1.51. The van der Waals surface area contributed by atoms with Gasteiger partial charge in [-0.05, 0) is 22.9 Å². The number of halogens is 1. The number of nitrogens with one attached hydrogen (secondary N) is 1. The van der Waals surface area contributed by atoms with Crippen molar-refractivity contribution in [2.45, 2.75) is 6.92 Å². The molecular weight excluding hydrogens is 260 g/mol. The zero-order valence-electron chi connectivity index (χ0n) is 8.07. The first-order valence-corrected chi connectivity index (χ1v) is 5.29. The number of hydrogen-bond donors (Lipinski definition) is 1. The SMILES string of the molecule is CCNC(=O)c1cc2ncc(Br)cn2n1. The standard InChI is InChI=1S/C9H9BrN4O/c1-2-11-9(15)7-3-8-12-4-6(10)5-14(8)13-7/h3-5H,2H2,1H3,(H,11,15). The van der Waals surface area contributed by atoms with Crippen LogP contribution in [0.15, 0.2) is 22.9 Å². The van der Waals surface area contributed by atoms with Gasteiger partial charge in [0.2, 0.25) is 0 Å². The maximum atomic E-state index is 11.5. The molecule has 0 aliphatic rings. The molecule has 0 aromatic carbocycles. The maximum absolute atomic E-state index is 11.5. The highest BCUT2D eigenvalue weighted by atomic mass is 79.9. The lowest BCUT2D eigenvalue weighted by molar-refractivity contribution is 0.0950. The van der Waals surface area contributed by atoms with E-state index in [1.165, 1.54) is 0 Å². The Hall–Kier alpha value is -1.43. The van der Waals surface area contributed by atoms with Crippen LogP contribution in [0.5, 0.6) is 0 Å². The molecule has 0 spiro atoms. The Morgan fingerprint density at radius 2 is 2.47 bits per heavy atom. The highest BCUT2D eigenvalue weighted by molar-refractivity contribution is 9.10. The van der Waals surface area contributed by atoms with Crippen LogP contribution in [0.4, 0.5) is 0 Å². The van der Waals surface area contributed by atoms with Crippen LogP contribution < -0.4 is 5.32 Å². The highest BCUT2D eigenvalue weighted by Gasteiger charge is 2.09. The van der Waals surface area contributed by atoms with Gasteiger partial charge in [-0.25, -0.2) is 9.50 Å². The third-order valence-electron chi connectivity index (χ3n) is 1.85. The second-order valence-corrected chi connectivity index (χ2v) is 3.88. The Balaban J connectivity index is 2.42. The predicted octanol–water partition coefficient (Wildman–Crippen LogP) is 1.24. The molecule has 0 saturated heterocycles. The van der Waals surface area contributed by atoms with Gasteiger partial charge in [-0.2, -0.15) is 5.10 Å². The van der Waals surface area contributed by atoms with Crippen molar-refractivity contribution in [2.24, 2.45) is 0 Å². The molecule has 0 unspecified atom stereocenters. The Bertz CT molecular complexity index is 508. The van der Waals surface area contributed by atoms with Gasteiger partial charge in [-0.1, -0.05) is 0 Å². The molecule has 0 aliphatic heterocycles. The number of aromatic nitrogens is 3. The van der Waals surface area contributed by atoms with Crippen molar-refractivity contribution in [2.75, 3.05) is 6.54 Å². The first-order valence-electron chi connectivity index (χ1n) is 4.50. The molecule has 0 fully saturated rings. The molecule has 0 aliphatic carbocycles. The molecule has 15 heavy (non-hydrogen) atoms. The van der Waals surface area contributed by atoms with Crippen molar-refractivity contribution in [3.8, 4) is 0 Å². The molecule has 2 heterocycles. The van der Waals surface area contributed by atoms with Gasteiger partial charge < -0.3 is 5.32 Å². The van der Waals surface area contributed by atoms with E-state index in [1.807, 2.05) is 6.92 Å². The molecule has 2 aromatic rings. The number of carbonyl (C=O) groups excluding carboxylic acids is 1. The number of fused-ring (bicyclic) bond motifs is 1. The van der Waals surface area contributed by atoms with Crippen molar-refractivity contribution >= 4 is 27.5 Å². The van der Waals surface area contributed by atoms with Crippen LogP contribution in [-0.4, -0.2) is 27.0 Å². The molecule has 2 aromatic heterocycles. The number of nitrogens with zero attached hydrogens (tertiary/aromatic N) is 3. The van der Waals surface area contributed by atoms with E-state index in [0.717, 1.165) is 4.47 Å². The summed E-state index contributed by atoms with van der Waals surface area (Å²) in [4.78, 5) is 15.6. The average molecular weight is 269 g/mol. The van der Waals surface area contributed by atoms with Crippen LogP contribution in [0.2, 0.25) is 0 Å². The molecule has 6 heteroatoms.